The summed E-state index contributed by atoms with van der Waals surface area (Å²) in [7, 11) is 0. The summed E-state index contributed by atoms with van der Waals surface area (Å²) < 4.78 is 208. The van der Waals surface area contributed by atoms with Gasteiger partial charge in [-0.3, -0.25) is 19.7 Å². The number of carbonyl (C=O) groups excluding carboxylic acids is 2. The van der Waals surface area contributed by atoms with E-state index in [1.165, 1.54) is 0 Å². The van der Waals surface area contributed by atoms with Crippen LogP contribution in [-0.2, 0) is 11.0 Å². The van der Waals surface area contributed by atoms with Crippen LogP contribution >= 0.6 is 11.3 Å². The standard InChI is InChI=1S/C14H3F16NO4S/c15-8(16,10(20,21)11(22,23)12(24,25)13(26,27)14(28,29)30)5(33)2-4(32)7-3(9(17,18)19)1-6(36-7)31(34)35/h1H,2H2. The number of halogens is 16. The molecule has 0 atom stereocenters. The highest BCUT2D eigenvalue weighted by Gasteiger charge is 2.91. The molecule has 0 spiro atoms. The molecular formula is C14H3F16NO4S. The Labute approximate surface area is 188 Å². The highest BCUT2D eigenvalue weighted by molar-refractivity contribution is 7.17. The van der Waals surface area contributed by atoms with Crippen molar-refractivity contribution in [2.45, 2.75) is 48.4 Å². The summed E-state index contributed by atoms with van der Waals surface area (Å²) >= 11 is -0.767. The van der Waals surface area contributed by atoms with E-state index in [2.05, 4.69) is 0 Å². The first-order valence-corrected chi connectivity index (χ1v) is 8.78. The smallest absolute Gasteiger partial charge is 0.293 e. The van der Waals surface area contributed by atoms with Crippen molar-refractivity contribution in [3.63, 3.8) is 0 Å². The van der Waals surface area contributed by atoms with Gasteiger partial charge in [0.2, 0.25) is 5.78 Å². The fourth-order valence-electron chi connectivity index (χ4n) is 2.17. The van der Waals surface area contributed by atoms with Crippen LogP contribution in [0, 0.1) is 10.1 Å². The maximum absolute atomic E-state index is 13.7. The number of Topliss-reactive ketones (excluding diaryl/α,β-unsaturated/α-hetero) is 2. The van der Waals surface area contributed by atoms with Crippen molar-refractivity contribution in [3.05, 3.63) is 26.6 Å². The lowest BCUT2D eigenvalue weighted by molar-refractivity contribution is -0.436. The third-order valence-electron chi connectivity index (χ3n) is 4.06. The summed E-state index contributed by atoms with van der Waals surface area (Å²) in [4.78, 5) is 30.1. The minimum atomic E-state index is -8.36. The number of hydrogen-bond donors (Lipinski definition) is 0. The first-order chi connectivity index (χ1) is 15.6. The van der Waals surface area contributed by atoms with Gasteiger partial charge in [0.05, 0.1) is 21.8 Å². The van der Waals surface area contributed by atoms with E-state index in [-0.39, 0.29) is 6.07 Å². The van der Waals surface area contributed by atoms with Gasteiger partial charge >= 0.3 is 47.0 Å². The van der Waals surface area contributed by atoms with Crippen molar-refractivity contribution in [1.82, 2.24) is 0 Å². The van der Waals surface area contributed by atoms with Gasteiger partial charge in [-0.15, -0.1) is 0 Å². The fraction of sp³-hybridized carbons (Fsp3) is 0.571. The molecule has 1 heterocycles. The topological polar surface area (TPSA) is 77.3 Å². The first-order valence-electron chi connectivity index (χ1n) is 7.96. The number of nitrogens with zero attached hydrogens (tertiary/aromatic N) is 1. The van der Waals surface area contributed by atoms with Crippen LogP contribution in [0.4, 0.5) is 75.2 Å². The van der Waals surface area contributed by atoms with Gasteiger partial charge in [0.1, 0.15) is 0 Å². The zero-order valence-electron chi connectivity index (χ0n) is 15.8. The van der Waals surface area contributed by atoms with Crippen LogP contribution in [0.5, 0.6) is 0 Å². The number of thiophene rings is 1. The van der Waals surface area contributed by atoms with Gasteiger partial charge in [-0.2, -0.15) is 70.2 Å². The lowest BCUT2D eigenvalue weighted by atomic mass is 9.90. The molecule has 22 heteroatoms. The molecule has 1 rings (SSSR count). The molecule has 0 bridgehead atoms. The Morgan fingerprint density at radius 1 is 0.750 bits per heavy atom. The van der Waals surface area contributed by atoms with E-state index in [9.17, 15) is 90.0 Å². The minimum absolute atomic E-state index is 0.386. The number of hydrogen-bond acceptors (Lipinski definition) is 5. The van der Waals surface area contributed by atoms with Crippen molar-refractivity contribution < 1.29 is 84.8 Å². The lowest BCUT2D eigenvalue weighted by Crippen LogP contribution is -2.71. The number of ketones is 2. The van der Waals surface area contributed by atoms with Crippen molar-refractivity contribution in [3.8, 4) is 0 Å². The summed E-state index contributed by atoms with van der Waals surface area (Å²) in [5.74, 6) is -46.8. The summed E-state index contributed by atoms with van der Waals surface area (Å²) in [6.45, 7) is 0. The average Bonchev–Trinajstić information content (AvgIpc) is 3.12. The molecule has 206 valence electrons. The number of alkyl halides is 16. The zero-order valence-corrected chi connectivity index (χ0v) is 16.6. The minimum Gasteiger partial charge on any atom is -0.293 e. The molecular weight excluding hydrogens is 582 g/mol. The summed E-state index contributed by atoms with van der Waals surface area (Å²) in [6.07, 6.45) is -16.4. The fourth-order valence-corrected chi connectivity index (χ4v) is 3.10. The SMILES string of the molecule is O=C(CC(=O)C(F)(F)C(F)(F)C(F)(F)C(F)(F)C(F)(F)C(F)(F)F)c1sc([N+](=O)[O-])cc1C(F)(F)F. The second-order valence-corrected chi connectivity index (χ2v) is 7.51. The third-order valence-corrected chi connectivity index (χ3v) is 5.19. The van der Waals surface area contributed by atoms with E-state index < -0.39 is 91.7 Å². The van der Waals surface area contributed by atoms with Crippen LogP contribution in [0.2, 0.25) is 0 Å². The number of carbonyl (C=O) groups is 2. The van der Waals surface area contributed by atoms with Crippen LogP contribution in [-0.4, -0.2) is 52.3 Å². The quantitative estimate of drug-likeness (QED) is 0.108. The molecule has 0 radical (unpaired) electrons. The van der Waals surface area contributed by atoms with Gasteiger partial charge in [-0.1, -0.05) is 11.3 Å². The molecule has 0 unspecified atom stereocenters. The highest BCUT2D eigenvalue weighted by atomic mass is 32.1. The summed E-state index contributed by atoms with van der Waals surface area (Å²) in [5, 5.41) is 9.01. The monoisotopic (exact) mass is 585 g/mol. The molecule has 36 heavy (non-hydrogen) atoms. The Kier molecular flexibility index (Phi) is 7.59. The van der Waals surface area contributed by atoms with Gasteiger partial charge in [-0.25, -0.2) is 0 Å². The van der Waals surface area contributed by atoms with E-state index in [0.29, 0.717) is 0 Å². The molecule has 0 amide bonds. The van der Waals surface area contributed by atoms with E-state index in [1.807, 2.05) is 0 Å². The highest BCUT2D eigenvalue weighted by Crippen LogP contribution is 2.60. The Morgan fingerprint density at radius 2 is 1.17 bits per heavy atom. The van der Waals surface area contributed by atoms with E-state index in [4.69, 9.17) is 0 Å². The molecule has 1 aromatic rings. The number of rotatable bonds is 9. The summed E-state index contributed by atoms with van der Waals surface area (Å²) in [5.41, 5.74) is -2.30. The molecule has 0 saturated heterocycles. The Hall–Kier alpha value is -2.68. The second-order valence-electron chi connectivity index (χ2n) is 6.48. The normalized spacial score (nSPS) is 14.7. The van der Waals surface area contributed by atoms with Gasteiger partial charge in [0.25, 0.3) is 0 Å². The van der Waals surface area contributed by atoms with Crippen LogP contribution in [0.25, 0.3) is 0 Å². The first kappa shape index (κ1) is 31.4. The Morgan fingerprint density at radius 3 is 1.53 bits per heavy atom. The van der Waals surface area contributed by atoms with Gasteiger partial charge in [-0.05, 0) is 0 Å². The molecule has 0 aliphatic carbocycles. The summed E-state index contributed by atoms with van der Waals surface area (Å²) in [6, 6.07) is -0.386. The van der Waals surface area contributed by atoms with E-state index in [1.54, 1.807) is 0 Å². The molecule has 0 aliphatic heterocycles. The molecule has 1 aromatic heterocycles. The van der Waals surface area contributed by atoms with Gasteiger partial charge < -0.3 is 0 Å². The molecule has 0 aliphatic rings. The predicted octanol–water partition coefficient (Wildman–Crippen LogP) is 6.56. The Bertz CT molecular complexity index is 1050. The second kappa shape index (κ2) is 8.71. The van der Waals surface area contributed by atoms with Crippen molar-refractivity contribution in [1.29, 1.82) is 0 Å². The van der Waals surface area contributed by atoms with Crippen molar-refractivity contribution in [2.24, 2.45) is 0 Å². The molecule has 0 fully saturated rings. The third kappa shape index (κ3) is 4.69. The molecule has 0 N–H and O–H groups in total. The van der Waals surface area contributed by atoms with E-state index >= 15 is 0 Å². The van der Waals surface area contributed by atoms with E-state index in [0.717, 1.165) is 0 Å². The van der Waals surface area contributed by atoms with Crippen LogP contribution in [0.1, 0.15) is 21.7 Å². The maximum atomic E-state index is 13.7. The van der Waals surface area contributed by atoms with Crippen LogP contribution in [0.15, 0.2) is 6.07 Å². The predicted molar refractivity (Wildman–Crippen MR) is 80.7 cm³/mol. The molecule has 0 saturated carbocycles. The maximum Gasteiger partial charge on any atom is 0.460 e. The van der Waals surface area contributed by atoms with Crippen LogP contribution in [0.3, 0.4) is 0 Å². The zero-order chi connectivity index (χ0) is 29.1. The van der Waals surface area contributed by atoms with Gasteiger partial charge in [0, 0.05) is 6.07 Å². The van der Waals surface area contributed by atoms with Crippen LogP contribution < -0.4 is 0 Å². The van der Waals surface area contributed by atoms with Gasteiger partial charge in [0.15, 0.2) is 5.78 Å². The Balaban J connectivity index is 3.49. The average molecular weight is 585 g/mol. The molecule has 0 aromatic carbocycles. The lowest BCUT2D eigenvalue weighted by Gasteiger charge is -2.39. The van der Waals surface area contributed by atoms with Crippen molar-refractivity contribution >= 4 is 27.9 Å². The molecule has 5 nitrogen and oxygen atoms in total. The largest absolute Gasteiger partial charge is 0.460 e. The number of nitro groups is 1. The van der Waals surface area contributed by atoms with Crippen molar-refractivity contribution in [2.75, 3.05) is 0 Å².